The van der Waals surface area contributed by atoms with E-state index < -0.39 is 0 Å². The van der Waals surface area contributed by atoms with Gasteiger partial charge >= 0.3 is 0 Å². The van der Waals surface area contributed by atoms with Crippen LogP contribution in [0.15, 0.2) is 109 Å². The minimum atomic E-state index is -0.165. The highest BCUT2D eigenvalue weighted by Crippen LogP contribution is 2.53. The predicted molar refractivity (Wildman–Crippen MR) is 167 cm³/mol. The van der Waals surface area contributed by atoms with Crippen LogP contribution in [0.1, 0.15) is 25.0 Å². The van der Waals surface area contributed by atoms with Gasteiger partial charge in [0, 0.05) is 53.6 Å². The highest BCUT2D eigenvalue weighted by Gasteiger charge is 2.39. The second-order valence-electron chi connectivity index (χ2n) is 11.2. The maximum atomic E-state index is 4.69. The van der Waals surface area contributed by atoms with Crippen LogP contribution in [0.3, 0.4) is 0 Å². The summed E-state index contributed by atoms with van der Waals surface area (Å²) in [6.07, 6.45) is 1.89. The zero-order chi connectivity index (χ0) is 25.9. The SMILES string of the molecule is CC1(C)c2cc3ncccc3cc2-c2ccc3c4ccccc4n(-c4ccc5sc6ccccc6c5c4)c3c21. The van der Waals surface area contributed by atoms with Gasteiger partial charge in [-0.25, -0.2) is 0 Å². The number of aromatic nitrogens is 2. The Morgan fingerprint density at radius 2 is 1.49 bits per heavy atom. The van der Waals surface area contributed by atoms with E-state index in [1.807, 2.05) is 23.6 Å². The molecule has 8 aromatic rings. The number of benzene rings is 5. The van der Waals surface area contributed by atoms with Gasteiger partial charge in [-0.2, -0.15) is 0 Å². The normalized spacial score (nSPS) is 14.1. The lowest BCUT2D eigenvalue weighted by Gasteiger charge is -2.24. The summed E-state index contributed by atoms with van der Waals surface area (Å²) in [5, 5.41) is 6.45. The Kier molecular flexibility index (Phi) is 4.04. The summed E-state index contributed by atoms with van der Waals surface area (Å²) in [6, 6.07) is 38.2. The molecule has 0 unspecified atom stereocenters. The second kappa shape index (κ2) is 7.34. The summed E-state index contributed by atoms with van der Waals surface area (Å²) in [6.45, 7) is 4.76. The number of pyridine rings is 1. The molecule has 3 heteroatoms. The quantitative estimate of drug-likeness (QED) is 0.212. The Balaban J connectivity index is 1.43. The molecule has 0 atom stereocenters. The summed E-state index contributed by atoms with van der Waals surface area (Å²) in [7, 11) is 0. The maximum Gasteiger partial charge on any atom is 0.0705 e. The molecule has 2 nitrogen and oxygen atoms in total. The molecule has 9 rings (SSSR count). The van der Waals surface area contributed by atoms with Crippen LogP contribution in [-0.2, 0) is 5.41 Å². The molecule has 1 aliphatic carbocycles. The molecule has 3 aromatic heterocycles. The molecule has 0 bridgehead atoms. The third-order valence-corrected chi connectivity index (χ3v) is 9.94. The van der Waals surface area contributed by atoms with Crippen LogP contribution < -0.4 is 0 Å². The van der Waals surface area contributed by atoms with Crippen molar-refractivity contribution >= 4 is 64.2 Å². The average Bonchev–Trinajstić information content (AvgIpc) is 3.57. The fourth-order valence-electron chi connectivity index (χ4n) is 7.03. The van der Waals surface area contributed by atoms with E-state index in [4.69, 9.17) is 4.98 Å². The van der Waals surface area contributed by atoms with Gasteiger partial charge in [0.05, 0.1) is 16.6 Å². The summed E-state index contributed by atoms with van der Waals surface area (Å²) in [4.78, 5) is 4.69. The number of rotatable bonds is 1. The van der Waals surface area contributed by atoms with Crippen molar-refractivity contribution in [1.29, 1.82) is 0 Å². The van der Waals surface area contributed by atoms with Crippen LogP contribution in [0.4, 0.5) is 0 Å². The summed E-state index contributed by atoms with van der Waals surface area (Å²) in [5.41, 5.74) is 10.1. The van der Waals surface area contributed by atoms with Gasteiger partial charge in [-0.15, -0.1) is 11.3 Å². The van der Waals surface area contributed by atoms with Crippen LogP contribution in [-0.4, -0.2) is 9.55 Å². The Labute approximate surface area is 229 Å². The Morgan fingerprint density at radius 3 is 2.41 bits per heavy atom. The van der Waals surface area contributed by atoms with Crippen molar-refractivity contribution in [2.45, 2.75) is 19.3 Å². The van der Waals surface area contributed by atoms with Crippen molar-refractivity contribution in [1.82, 2.24) is 9.55 Å². The van der Waals surface area contributed by atoms with Crippen molar-refractivity contribution in [2.24, 2.45) is 0 Å². The largest absolute Gasteiger partial charge is 0.309 e. The van der Waals surface area contributed by atoms with E-state index in [2.05, 4.69) is 115 Å². The zero-order valence-electron chi connectivity index (χ0n) is 21.7. The number of thiophene rings is 1. The van der Waals surface area contributed by atoms with Gasteiger partial charge in [0.15, 0.2) is 0 Å². The molecule has 184 valence electrons. The first kappa shape index (κ1) is 21.5. The Morgan fingerprint density at radius 1 is 0.667 bits per heavy atom. The van der Waals surface area contributed by atoms with Crippen molar-refractivity contribution < 1.29 is 0 Å². The van der Waals surface area contributed by atoms with E-state index in [1.54, 1.807) is 0 Å². The predicted octanol–water partition coefficient (Wildman–Crippen LogP) is 10.0. The highest BCUT2D eigenvalue weighted by molar-refractivity contribution is 7.25. The molecule has 0 N–H and O–H groups in total. The lowest BCUT2D eigenvalue weighted by Crippen LogP contribution is -2.16. The van der Waals surface area contributed by atoms with Gasteiger partial charge in [-0.1, -0.05) is 68.4 Å². The molecule has 0 aliphatic heterocycles. The van der Waals surface area contributed by atoms with Gasteiger partial charge in [0.2, 0.25) is 0 Å². The molecular weight excluding hydrogens is 492 g/mol. The maximum absolute atomic E-state index is 4.69. The van der Waals surface area contributed by atoms with Gasteiger partial charge in [0.25, 0.3) is 0 Å². The minimum Gasteiger partial charge on any atom is -0.309 e. The smallest absolute Gasteiger partial charge is 0.0705 e. The van der Waals surface area contributed by atoms with Crippen molar-refractivity contribution in [3.05, 3.63) is 120 Å². The lowest BCUT2D eigenvalue weighted by atomic mass is 9.81. The van der Waals surface area contributed by atoms with Crippen molar-refractivity contribution in [3.63, 3.8) is 0 Å². The third-order valence-electron chi connectivity index (χ3n) is 8.79. The van der Waals surface area contributed by atoms with E-state index >= 15 is 0 Å². The number of hydrogen-bond donors (Lipinski definition) is 0. The summed E-state index contributed by atoms with van der Waals surface area (Å²) >= 11 is 1.87. The molecule has 3 heterocycles. The summed E-state index contributed by atoms with van der Waals surface area (Å²) in [5.74, 6) is 0. The highest BCUT2D eigenvalue weighted by atomic mass is 32.1. The number of fused-ring (bicyclic) bond motifs is 11. The molecular formula is C36H24N2S. The first-order chi connectivity index (χ1) is 19.1. The zero-order valence-corrected chi connectivity index (χ0v) is 22.5. The molecule has 1 aliphatic rings. The first-order valence-corrected chi connectivity index (χ1v) is 14.3. The summed E-state index contributed by atoms with van der Waals surface area (Å²) < 4.78 is 5.18. The molecule has 0 radical (unpaired) electrons. The van der Waals surface area contributed by atoms with Crippen LogP contribution >= 0.6 is 11.3 Å². The number of nitrogens with zero attached hydrogens (tertiary/aromatic N) is 2. The molecule has 0 saturated heterocycles. The van der Waals surface area contributed by atoms with Crippen LogP contribution in [0, 0.1) is 0 Å². The fraction of sp³-hybridized carbons (Fsp3) is 0.0833. The minimum absolute atomic E-state index is 0.165. The van der Waals surface area contributed by atoms with Gasteiger partial charge < -0.3 is 4.57 Å². The molecule has 5 aromatic carbocycles. The van der Waals surface area contributed by atoms with Gasteiger partial charge in [-0.05, 0) is 70.8 Å². The lowest BCUT2D eigenvalue weighted by molar-refractivity contribution is 0.664. The molecule has 0 fully saturated rings. The van der Waals surface area contributed by atoms with E-state index in [0.717, 1.165) is 5.52 Å². The molecule has 39 heavy (non-hydrogen) atoms. The number of para-hydroxylation sites is 1. The Hall–Kier alpha value is -4.47. The Bertz CT molecular complexity index is 2320. The van der Waals surface area contributed by atoms with Crippen LogP contribution in [0.5, 0.6) is 0 Å². The standard InChI is InChI=1S/C36H24N2S/c1-36(2)29-20-30-21(8-7-17-37-30)18-27(29)25-14-15-26-23-9-3-5-11-31(23)38(35(26)34(25)36)22-13-16-33-28(19-22)24-10-4-6-12-32(24)39-33/h3-20H,1-2H3. The van der Waals surface area contributed by atoms with E-state index in [0.29, 0.717) is 0 Å². The fourth-order valence-corrected chi connectivity index (χ4v) is 8.12. The monoisotopic (exact) mass is 516 g/mol. The van der Waals surface area contributed by atoms with E-state index in [9.17, 15) is 0 Å². The first-order valence-electron chi connectivity index (χ1n) is 13.5. The molecule has 0 spiro atoms. The van der Waals surface area contributed by atoms with E-state index in [1.165, 1.54) is 75.3 Å². The van der Waals surface area contributed by atoms with Crippen LogP contribution in [0.25, 0.3) is 69.7 Å². The molecule has 0 amide bonds. The second-order valence-corrected chi connectivity index (χ2v) is 12.3. The van der Waals surface area contributed by atoms with Crippen molar-refractivity contribution in [3.8, 4) is 16.8 Å². The van der Waals surface area contributed by atoms with Gasteiger partial charge in [0.1, 0.15) is 0 Å². The van der Waals surface area contributed by atoms with Gasteiger partial charge in [-0.3, -0.25) is 4.98 Å². The van der Waals surface area contributed by atoms with Crippen molar-refractivity contribution in [2.75, 3.05) is 0 Å². The molecule has 0 saturated carbocycles. The number of hydrogen-bond acceptors (Lipinski definition) is 2. The van der Waals surface area contributed by atoms with Crippen LogP contribution in [0.2, 0.25) is 0 Å². The average molecular weight is 517 g/mol. The van der Waals surface area contributed by atoms with E-state index in [-0.39, 0.29) is 5.41 Å². The third kappa shape index (κ3) is 2.73. The topological polar surface area (TPSA) is 17.8 Å².